The highest BCUT2D eigenvalue weighted by Gasteiger charge is 2.10. The maximum Gasteiger partial charge on any atom is 0.191 e. The monoisotopic (exact) mass is 461 g/mol. The fraction of sp³-hybridized carbons (Fsp3) is 0.278. The van der Waals surface area contributed by atoms with Crippen LogP contribution in [0.1, 0.15) is 29.7 Å². The number of rotatable bonds is 4. The van der Waals surface area contributed by atoms with E-state index < -0.39 is 5.82 Å². The van der Waals surface area contributed by atoms with E-state index in [1.807, 2.05) is 13.0 Å². The molecule has 0 saturated carbocycles. The number of hydrogen-bond donors (Lipinski definition) is 3. The average molecular weight is 461 g/mol. The molecule has 1 atom stereocenters. The Hall–Kier alpha value is -1.90. The van der Waals surface area contributed by atoms with Gasteiger partial charge in [0, 0.05) is 13.6 Å². The van der Waals surface area contributed by atoms with Crippen LogP contribution in [0.2, 0.25) is 0 Å². The number of aryl methyl sites for hydroxylation is 1. The van der Waals surface area contributed by atoms with Crippen LogP contribution >= 0.6 is 24.0 Å². The number of nitrogens with one attached hydrogen (secondary N) is 2. The van der Waals surface area contributed by atoms with Gasteiger partial charge in [-0.05, 0) is 48.7 Å². The first-order valence-electron chi connectivity index (χ1n) is 7.61. The first-order chi connectivity index (χ1) is 11.4. The third-order valence-electron chi connectivity index (χ3n) is 3.74. The van der Waals surface area contributed by atoms with Gasteiger partial charge < -0.3 is 15.7 Å². The van der Waals surface area contributed by atoms with Gasteiger partial charge in [0.25, 0.3) is 0 Å². The van der Waals surface area contributed by atoms with E-state index in [4.69, 9.17) is 0 Å². The minimum absolute atomic E-state index is 0. The summed E-state index contributed by atoms with van der Waals surface area (Å²) in [6.07, 6.45) is 0. The van der Waals surface area contributed by atoms with Crippen LogP contribution in [0.25, 0.3) is 0 Å². The van der Waals surface area contributed by atoms with Crippen LogP contribution in [0.3, 0.4) is 0 Å². The van der Waals surface area contributed by atoms with Gasteiger partial charge >= 0.3 is 0 Å². The second-order valence-electron chi connectivity index (χ2n) is 5.59. The van der Waals surface area contributed by atoms with E-state index >= 15 is 0 Å². The Morgan fingerprint density at radius 3 is 2.48 bits per heavy atom. The lowest BCUT2D eigenvalue weighted by Gasteiger charge is -2.19. The zero-order chi connectivity index (χ0) is 17.7. The molecule has 25 heavy (non-hydrogen) atoms. The van der Waals surface area contributed by atoms with Crippen LogP contribution in [-0.2, 0) is 6.54 Å². The molecule has 2 rings (SSSR count). The maximum absolute atomic E-state index is 13.7. The molecule has 2 aromatic carbocycles. The van der Waals surface area contributed by atoms with Gasteiger partial charge in [-0.2, -0.15) is 0 Å². The highest BCUT2D eigenvalue weighted by Crippen LogP contribution is 2.17. The quantitative estimate of drug-likeness (QED) is 0.366. The summed E-state index contributed by atoms with van der Waals surface area (Å²) in [5, 5.41) is 15.4. The number of guanidine groups is 1. The zero-order valence-corrected chi connectivity index (χ0v) is 16.6. The first kappa shape index (κ1) is 21.1. The predicted octanol–water partition coefficient (Wildman–Crippen LogP) is 4.02. The van der Waals surface area contributed by atoms with Crippen molar-refractivity contribution >= 4 is 29.9 Å². The molecule has 0 aliphatic rings. The van der Waals surface area contributed by atoms with Gasteiger partial charge in [0.2, 0.25) is 0 Å². The van der Waals surface area contributed by atoms with Gasteiger partial charge in [-0.1, -0.05) is 18.2 Å². The molecule has 0 bridgehead atoms. The highest BCUT2D eigenvalue weighted by atomic mass is 127. The van der Waals surface area contributed by atoms with Gasteiger partial charge in [0.1, 0.15) is 5.82 Å². The third kappa shape index (κ3) is 5.84. The van der Waals surface area contributed by atoms with Crippen LogP contribution in [0, 0.1) is 18.6 Å². The molecule has 2 aromatic rings. The molecule has 0 amide bonds. The van der Waals surface area contributed by atoms with Crippen molar-refractivity contribution in [1.82, 2.24) is 10.6 Å². The maximum atomic E-state index is 13.7. The number of phenols is 1. The van der Waals surface area contributed by atoms with E-state index in [1.54, 1.807) is 26.1 Å². The Morgan fingerprint density at radius 1 is 1.16 bits per heavy atom. The topological polar surface area (TPSA) is 56.7 Å². The number of hydrogen-bond acceptors (Lipinski definition) is 2. The number of halogens is 3. The summed E-state index contributed by atoms with van der Waals surface area (Å²) < 4.78 is 27.0. The van der Waals surface area contributed by atoms with Crippen molar-refractivity contribution in [2.24, 2.45) is 4.99 Å². The first-order valence-corrected chi connectivity index (χ1v) is 7.61. The average Bonchev–Trinajstić information content (AvgIpc) is 2.56. The smallest absolute Gasteiger partial charge is 0.191 e. The summed E-state index contributed by atoms with van der Waals surface area (Å²) in [7, 11) is 1.62. The molecule has 7 heteroatoms. The standard InChI is InChI=1S/C18H21F2N3O.HI/c1-11-4-6-14(9-15(11)19)12(2)23-18(21-3)22-10-13-5-7-17(24)16(20)8-13;/h4-9,12,24H,10H2,1-3H3,(H2,21,22,23);1H. The number of phenolic OH excluding ortho intramolecular Hbond substituents is 1. The van der Waals surface area contributed by atoms with E-state index in [9.17, 15) is 13.9 Å². The summed E-state index contributed by atoms with van der Waals surface area (Å²) in [5.41, 5.74) is 2.07. The molecule has 1 unspecified atom stereocenters. The summed E-state index contributed by atoms with van der Waals surface area (Å²) in [4.78, 5) is 4.11. The summed E-state index contributed by atoms with van der Waals surface area (Å²) in [6.45, 7) is 3.96. The molecule has 136 valence electrons. The Morgan fingerprint density at radius 2 is 1.88 bits per heavy atom. The molecule has 0 aliphatic heterocycles. The van der Waals surface area contributed by atoms with Gasteiger partial charge in [0.15, 0.2) is 17.5 Å². The molecule has 0 heterocycles. The van der Waals surface area contributed by atoms with E-state index in [2.05, 4.69) is 15.6 Å². The van der Waals surface area contributed by atoms with Crippen LogP contribution < -0.4 is 10.6 Å². The van der Waals surface area contributed by atoms with Crippen molar-refractivity contribution in [3.05, 3.63) is 64.7 Å². The van der Waals surface area contributed by atoms with Crippen molar-refractivity contribution < 1.29 is 13.9 Å². The lowest BCUT2D eigenvalue weighted by molar-refractivity contribution is 0.431. The van der Waals surface area contributed by atoms with Crippen LogP contribution in [0.4, 0.5) is 8.78 Å². The van der Waals surface area contributed by atoms with Gasteiger partial charge in [0.05, 0.1) is 6.04 Å². The molecule has 0 aromatic heterocycles. The largest absolute Gasteiger partial charge is 0.505 e. The normalized spacial score (nSPS) is 12.3. The molecule has 0 aliphatic carbocycles. The van der Waals surface area contributed by atoms with Gasteiger partial charge in [-0.3, -0.25) is 4.99 Å². The van der Waals surface area contributed by atoms with Crippen LogP contribution in [0.15, 0.2) is 41.4 Å². The fourth-order valence-corrected chi connectivity index (χ4v) is 2.21. The minimum Gasteiger partial charge on any atom is -0.505 e. The Balaban J connectivity index is 0.00000312. The predicted molar refractivity (Wildman–Crippen MR) is 106 cm³/mol. The van der Waals surface area contributed by atoms with E-state index in [0.29, 0.717) is 23.6 Å². The fourth-order valence-electron chi connectivity index (χ4n) is 2.21. The van der Waals surface area contributed by atoms with Crippen LogP contribution in [0.5, 0.6) is 5.75 Å². The number of aliphatic imine (C=N–C) groups is 1. The molecule has 3 N–H and O–H groups in total. The molecular formula is C18H22F2IN3O. The minimum atomic E-state index is -0.666. The van der Waals surface area contributed by atoms with Crippen molar-refractivity contribution in [2.45, 2.75) is 26.4 Å². The lowest BCUT2D eigenvalue weighted by atomic mass is 10.1. The Labute approximate surface area is 163 Å². The Bertz CT molecular complexity index is 753. The zero-order valence-electron chi connectivity index (χ0n) is 14.3. The summed E-state index contributed by atoms with van der Waals surface area (Å²) >= 11 is 0. The molecule has 0 radical (unpaired) electrons. The summed E-state index contributed by atoms with van der Waals surface area (Å²) in [6, 6.07) is 9.13. The second-order valence-corrected chi connectivity index (χ2v) is 5.59. The summed E-state index contributed by atoms with van der Waals surface area (Å²) in [5.74, 6) is -0.780. The Kier molecular flexibility index (Phi) is 8.08. The molecule has 4 nitrogen and oxygen atoms in total. The highest BCUT2D eigenvalue weighted by molar-refractivity contribution is 14.0. The van der Waals surface area contributed by atoms with Crippen LogP contribution in [-0.4, -0.2) is 18.1 Å². The molecule has 0 spiro atoms. The molecule has 0 saturated heterocycles. The SMILES string of the molecule is CN=C(NCc1ccc(O)c(F)c1)NC(C)c1ccc(C)c(F)c1.I. The van der Waals surface area contributed by atoms with Crippen molar-refractivity contribution in [1.29, 1.82) is 0 Å². The second kappa shape index (κ2) is 9.55. The van der Waals surface area contributed by atoms with Crippen molar-refractivity contribution in [3.8, 4) is 5.75 Å². The third-order valence-corrected chi connectivity index (χ3v) is 3.74. The number of nitrogens with zero attached hydrogens (tertiary/aromatic N) is 1. The van der Waals surface area contributed by atoms with E-state index in [0.717, 1.165) is 5.56 Å². The van der Waals surface area contributed by atoms with Gasteiger partial charge in [-0.25, -0.2) is 8.78 Å². The van der Waals surface area contributed by atoms with E-state index in [1.165, 1.54) is 18.2 Å². The molecular weight excluding hydrogens is 439 g/mol. The van der Waals surface area contributed by atoms with Crippen molar-refractivity contribution in [2.75, 3.05) is 7.05 Å². The van der Waals surface area contributed by atoms with Gasteiger partial charge in [-0.15, -0.1) is 24.0 Å². The van der Waals surface area contributed by atoms with E-state index in [-0.39, 0.29) is 41.6 Å². The number of aromatic hydroxyl groups is 1. The lowest BCUT2D eigenvalue weighted by Crippen LogP contribution is -2.38. The molecule has 0 fully saturated rings. The van der Waals surface area contributed by atoms with Crippen molar-refractivity contribution in [3.63, 3.8) is 0 Å². The number of benzene rings is 2.